The summed E-state index contributed by atoms with van der Waals surface area (Å²) in [7, 11) is 0. The highest BCUT2D eigenvalue weighted by atomic mass is 16.6. The number of aliphatic hydroxyl groups excluding tert-OH is 1. The summed E-state index contributed by atoms with van der Waals surface area (Å²) in [5, 5.41) is 14.3. The molecule has 1 unspecified atom stereocenters. The Kier molecular flexibility index (Phi) is 5.86. The number of rotatable bonds is 5. The van der Waals surface area contributed by atoms with Crippen molar-refractivity contribution in [2.75, 3.05) is 13.2 Å². The summed E-state index contributed by atoms with van der Waals surface area (Å²) in [5.41, 5.74) is 2.13. The molecule has 1 aromatic rings. The first-order valence-corrected chi connectivity index (χ1v) is 8.29. The number of fused-ring (bicyclic) bond motifs is 1. The molecule has 2 rings (SSSR count). The first-order chi connectivity index (χ1) is 12.1. The average molecular weight is 364 g/mol. The van der Waals surface area contributed by atoms with Crippen LogP contribution < -0.4 is 10.6 Å². The predicted octanol–water partition coefficient (Wildman–Crippen LogP) is 1.34. The van der Waals surface area contributed by atoms with Gasteiger partial charge in [-0.3, -0.25) is 4.79 Å². The maximum atomic E-state index is 11.9. The Morgan fingerprint density at radius 3 is 2.65 bits per heavy atom. The number of cyclic esters (lactones) is 1. The number of carbonyl (C=O) groups excluding carboxylic acids is 3. The molecule has 1 atom stereocenters. The van der Waals surface area contributed by atoms with Gasteiger partial charge in [-0.15, -0.1) is 0 Å². The normalized spacial score (nSPS) is 14.3. The number of nitrogens with one attached hydrogen (secondary N) is 2. The second-order valence-electron chi connectivity index (χ2n) is 7.04. The molecule has 0 radical (unpaired) electrons. The van der Waals surface area contributed by atoms with Gasteiger partial charge in [-0.25, -0.2) is 9.59 Å². The van der Waals surface area contributed by atoms with Gasteiger partial charge < -0.3 is 25.2 Å². The molecule has 8 nitrogen and oxygen atoms in total. The summed E-state index contributed by atoms with van der Waals surface area (Å²) in [5.74, 6) is -0.953. The number of aliphatic hydroxyl groups is 1. The van der Waals surface area contributed by atoms with Gasteiger partial charge in [-0.2, -0.15) is 0 Å². The maximum absolute atomic E-state index is 11.9. The summed E-state index contributed by atoms with van der Waals surface area (Å²) >= 11 is 0. The number of carbonyl (C=O) groups is 3. The number of alkyl carbamates (subject to hydrolysis) is 1. The molecule has 8 heteroatoms. The molecule has 2 amide bonds. The lowest BCUT2D eigenvalue weighted by Gasteiger charge is -2.24. The molecule has 1 aromatic carbocycles. The van der Waals surface area contributed by atoms with E-state index in [0.29, 0.717) is 5.56 Å². The van der Waals surface area contributed by atoms with E-state index in [1.807, 2.05) is 6.92 Å². The Morgan fingerprint density at radius 2 is 2.04 bits per heavy atom. The van der Waals surface area contributed by atoms with E-state index in [1.165, 1.54) is 0 Å². The number of benzene rings is 1. The molecule has 0 fully saturated rings. The van der Waals surface area contributed by atoms with Gasteiger partial charge in [0.2, 0.25) is 5.91 Å². The van der Waals surface area contributed by atoms with Crippen molar-refractivity contribution >= 4 is 18.0 Å². The van der Waals surface area contributed by atoms with E-state index in [0.717, 1.165) is 16.7 Å². The lowest BCUT2D eigenvalue weighted by molar-refractivity contribution is -0.124. The summed E-state index contributed by atoms with van der Waals surface area (Å²) in [4.78, 5) is 35.3. The number of ether oxygens (including phenoxy) is 2. The zero-order valence-electron chi connectivity index (χ0n) is 15.3. The Balaban J connectivity index is 2.21. The number of hydrogen-bond donors (Lipinski definition) is 3. The van der Waals surface area contributed by atoms with Crippen LogP contribution in [0.25, 0.3) is 0 Å². The fraction of sp³-hybridized carbons (Fsp3) is 0.500. The molecule has 0 aromatic heterocycles. The molecule has 0 aliphatic carbocycles. The Labute approximate surface area is 151 Å². The molecule has 0 bridgehead atoms. The summed E-state index contributed by atoms with van der Waals surface area (Å²) in [6, 6.07) is 2.75. The molecule has 1 aliphatic rings. The van der Waals surface area contributed by atoms with Crippen LogP contribution in [0.4, 0.5) is 4.79 Å². The van der Waals surface area contributed by atoms with E-state index >= 15 is 0 Å². The van der Waals surface area contributed by atoms with E-state index in [-0.39, 0.29) is 19.1 Å². The molecular formula is C18H24N2O6. The highest BCUT2D eigenvalue weighted by Crippen LogP contribution is 2.29. The highest BCUT2D eigenvalue weighted by molar-refractivity contribution is 5.94. The quantitative estimate of drug-likeness (QED) is 0.680. The molecule has 0 saturated heterocycles. The van der Waals surface area contributed by atoms with Crippen LogP contribution >= 0.6 is 0 Å². The lowest BCUT2D eigenvalue weighted by Crippen LogP contribution is -2.41. The van der Waals surface area contributed by atoms with Gasteiger partial charge in [-0.05, 0) is 44.9 Å². The van der Waals surface area contributed by atoms with Gasteiger partial charge in [0, 0.05) is 12.1 Å². The Hall–Kier alpha value is -2.61. The highest BCUT2D eigenvalue weighted by Gasteiger charge is 2.27. The third-order valence-electron chi connectivity index (χ3n) is 3.91. The van der Waals surface area contributed by atoms with Crippen molar-refractivity contribution in [1.82, 2.24) is 10.6 Å². The average Bonchev–Trinajstić information content (AvgIpc) is 2.92. The molecule has 1 aliphatic heterocycles. The monoisotopic (exact) mass is 364 g/mol. The Morgan fingerprint density at radius 1 is 1.35 bits per heavy atom. The van der Waals surface area contributed by atoms with E-state index in [9.17, 15) is 14.4 Å². The van der Waals surface area contributed by atoms with Crippen LogP contribution in [0.3, 0.4) is 0 Å². The van der Waals surface area contributed by atoms with Crippen molar-refractivity contribution < 1.29 is 29.0 Å². The van der Waals surface area contributed by atoms with Gasteiger partial charge in [0.1, 0.15) is 18.8 Å². The number of amides is 2. The van der Waals surface area contributed by atoms with Crippen molar-refractivity contribution in [3.05, 3.63) is 34.4 Å². The maximum Gasteiger partial charge on any atom is 0.407 e. The van der Waals surface area contributed by atoms with Crippen molar-refractivity contribution in [2.24, 2.45) is 0 Å². The van der Waals surface area contributed by atoms with Gasteiger partial charge in [0.25, 0.3) is 0 Å². The molecular weight excluding hydrogens is 340 g/mol. The zero-order chi connectivity index (χ0) is 19.5. The van der Waals surface area contributed by atoms with Crippen molar-refractivity contribution in [1.29, 1.82) is 0 Å². The second-order valence-corrected chi connectivity index (χ2v) is 7.04. The third kappa shape index (κ3) is 4.72. The molecule has 1 heterocycles. The predicted molar refractivity (Wildman–Crippen MR) is 92.5 cm³/mol. The van der Waals surface area contributed by atoms with E-state index in [2.05, 4.69) is 10.6 Å². The minimum atomic E-state index is -0.672. The lowest BCUT2D eigenvalue weighted by atomic mass is 9.94. The van der Waals surface area contributed by atoms with Gasteiger partial charge in [0.15, 0.2) is 0 Å². The van der Waals surface area contributed by atoms with Crippen LogP contribution in [0.5, 0.6) is 0 Å². The standard InChI is InChI=1S/C18H24N2O6/c1-10-11(5-6-12-13(10)9-25-16(12)23)14(20-15(22)8-21)7-19-17(24)26-18(2,3)4/h5-6,14,21H,7-9H2,1-4H3,(H,19,24)(H,20,22). The Bertz CT molecular complexity index is 723. The van der Waals surface area contributed by atoms with Gasteiger partial charge >= 0.3 is 12.1 Å². The number of esters is 1. The van der Waals surface area contributed by atoms with Crippen molar-refractivity contribution in [3.8, 4) is 0 Å². The van der Waals surface area contributed by atoms with Crippen molar-refractivity contribution in [3.63, 3.8) is 0 Å². The molecule has 0 saturated carbocycles. The van der Waals surface area contributed by atoms with Gasteiger partial charge in [-0.1, -0.05) is 6.07 Å². The summed E-state index contributed by atoms with van der Waals surface area (Å²) < 4.78 is 10.2. The van der Waals surface area contributed by atoms with Crippen LogP contribution in [0, 0.1) is 6.92 Å². The third-order valence-corrected chi connectivity index (χ3v) is 3.91. The van der Waals surface area contributed by atoms with Crippen LogP contribution in [0.1, 0.15) is 53.9 Å². The molecule has 142 valence electrons. The van der Waals surface area contributed by atoms with Crippen LogP contribution in [0.15, 0.2) is 12.1 Å². The molecule has 3 N–H and O–H groups in total. The minimum absolute atomic E-state index is 0.0646. The fourth-order valence-electron chi connectivity index (χ4n) is 2.72. The molecule has 26 heavy (non-hydrogen) atoms. The van der Waals surface area contributed by atoms with Crippen LogP contribution in [-0.2, 0) is 20.9 Å². The molecule has 0 spiro atoms. The van der Waals surface area contributed by atoms with Crippen molar-refractivity contribution in [2.45, 2.75) is 45.9 Å². The van der Waals surface area contributed by atoms with Crippen LogP contribution in [0.2, 0.25) is 0 Å². The topological polar surface area (TPSA) is 114 Å². The first-order valence-electron chi connectivity index (χ1n) is 8.29. The zero-order valence-corrected chi connectivity index (χ0v) is 15.3. The number of hydrogen-bond acceptors (Lipinski definition) is 6. The first kappa shape index (κ1) is 19.7. The van der Waals surface area contributed by atoms with E-state index in [1.54, 1.807) is 32.9 Å². The van der Waals surface area contributed by atoms with E-state index in [4.69, 9.17) is 14.6 Å². The second kappa shape index (κ2) is 7.74. The SMILES string of the molecule is Cc1c(C(CNC(=O)OC(C)(C)C)NC(=O)CO)ccc2c1COC2=O. The smallest absolute Gasteiger partial charge is 0.407 e. The van der Waals surface area contributed by atoms with Gasteiger partial charge in [0.05, 0.1) is 11.6 Å². The summed E-state index contributed by atoms with van der Waals surface area (Å²) in [6.07, 6.45) is -0.613. The van der Waals surface area contributed by atoms with Crippen LogP contribution in [-0.4, -0.2) is 41.8 Å². The summed E-state index contributed by atoms with van der Waals surface area (Å²) in [6.45, 7) is 6.64. The van der Waals surface area contributed by atoms with E-state index < -0.39 is 30.3 Å². The fourth-order valence-corrected chi connectivity index (χ4v) is 2.72. The largest absolute Gasteiger partial charge is 0.457 e. The minimum Gasteiger partial charge on any atom is -0.457 e.